The number of halogens is 1. The van der Waals surface area contributed by atoms with E-state index in [4.69, 9.17) is 10.3 Å². The molecule has 0 aliphatic heterocycles. The van der Waals surface area contributed by atoms with Crippen molar-refractivity contribution >= 4 is 27.2 Å². The fourth-order valence-corrected chi connectivity index (χ4v) is 2.82. The predicted molar refractivity (Wildman–Crippen MR) is 66.4 cm³/mol. The number of benzene rings is 1. The largest absolute Gasteiger partial charge is 0.381 e. The van der Waals surface area contributed by atoms with Crippen molar-refractivity contribution in [2.24, 2.45) is 0 Å². The fourth-order valence-electron chi connectivity index (χ4n) is 1.69. The van der Waals surface area contributed by atoms with Gasteiger partial charge in [0.15, 0.2) is 11.6 Å². The Bertz CT molecular complexity index is 702. The number of hydrogen-bond donors (Lipinski definition) is 1. The monoisotopic (exact) mass is 248 g/mol. The van der Waals surface area contributed by atoms with E-state index in [0.29, 0.717) is 11.6 Å². The maximum Gasteiger partial charge on any atom is 0.181 e. The summed E-state index contributed by atoms with van der Waals surface area (Å²) >= 11 is 1.46. The molecule has 2 aromatic heterocycles. The Morgan fingerprint density at radius 2 is 2.18 bits per heavy atom. The van der Waals surface area contributed by atoms with Gasteiger partial charge in [-0.05, 0) is 30.5 Å². The smallest absolute Gasteiger partial charge is 0.181 e. The SMILES string of the molecule is Cc1c(N)noc1-c1cc2ccc(F)cc2s1. The van der Waals surface area contributed by atoms with Crippen LogP contribution in [0.2, 0.25) is 0 Å². The summed E-state index contributed by atoms with van der Waals surface area (Å²) < 4.78 is 19.1. The maximum atomic E-state index is 13.1. The van der Waals surface area contributed by atoms with Crippen LogP contribution in [0.3, 0.4) is 0 Å². The Morgan fingerprint density at radius 3 is 2.88 bits per heavy atom. The summed E-state index contributed by atoms with van der Waals surface area (Å²) in [4.78, 5) is 0.910. The lowest BCUT2D eigenvalue weighted by Gasteiger charge is -1.89. The standard InChI is InChI=1S/C12H9FN2OS/c1-6-11(16-15-12(6)14)10-4-7-2-3-8(13)5-9(7)17-10/h2-5H,1H3,(H2,14,15). The molecule has 0 radical (unpaired) electrons. The number of thiophene rings is 1. The van der Waals surface area contributed by atoms with Crippen LogP contribution >= 0.6 is 11.3 Å². The number of hydrogen-bond acceptors (Lipinski definition) is 4. The van der Waals surface area contributed by atoms with Crippen LogP contribution in [0.5, 0.6) is 0 Å². The van der Waals surface area contributed by atoms with Crippen molar-refractivity contribution in [3.05, 3.63) is 35.6 Å². The Balaban J connectivity index is 2.21. The zero-order chi connectivity index (χ0) is 12.0. The molecule has 0 atom stereocenters. The van der Waals surface area contributed by atoms with Crippen molar-refractivity contribution in [3.8, 4) is 10.6 Å². The van der Waals surface area contributed by atoms with E-state index in [2.05, 4.69) is 5.16 Å². The zero-order valence-corrected chi connectivity index (χ0v) is 9.84. The molecule has 17 heavy (non-hydrogen) atoms. The van der Waals surface area contributed by atoms with E-state index >= 15 is 0 Å². The highest BCUT2D eigenvalue weighted by molar-refractivity contribution is 7.22. The Morgan fingerprint density at radius 1 is 1.35 bits per heavy atom. The summed E-state index contributed by atoms with van der Waals surface area (Å²) in [6.07, 6.45) is 0. The second-order valence-corrected chi connectivity index (χ2v) is 4.90. The van der Waals surface area contributed by atoms with Gasteiger partial charge in [0.05, 0.1) is 4.88 Å². The molecule has 3 rings (SSSR count). The maximum absolute atomic E-state index is 13.1. The molecule has 3 aromatic rings. The van der Waals surface area contributed by atoms with Crippen LogP contribution in [-0.2, 0) is 0 Å². The second kappa shape index (κ2) is 3.56. The van der Waals surface area contributed by atoms with E-state index < -0.39 is 0 Å². The van der Waals surface area contributed by atoms with E-state index in [1.165, 1.54) is 23.5 Å². The molecule has 2 N–H and O–H groups in total. The number of fused-ring (bicyclic) bond motifs is 1. The Kier molecular flexibility index (Phi) is 2.16. The summed E-state index contributed by atoms with van der Waals surface area (Å²) in [6.45, 7) is 1.85. The minimum atomic E-state index is -0.236. The van der Waals surface area contributed by atoms with Gasteiger partial charge in [0.25, 0.3) is 0 Å². The summed E-state index contributed by atoms with van der Waals surface area (Å²) in [7, 11) is 0. The van der Waals surface area contributed by atoms with Gasteiger partial charge in [-0.2, -0.15) is 0 Å². The molecular weight excluding hydrogens is 239 g/mol. The quantitative estimate of drug-likeness (QED) is 0.716. The van der Waals surface area contributed by atoms with Crippen molar-refractivity contribution in [2.45, 2.75) is 6.92 Å². The minimum Gasteiger partial charge on any atom is -0.381 e. The Labute approximate surface area is 101 Å². The molecule has 0 aliphatic rings. The number of nitrogens with two attached hydrogens (primary N) is 1. The van der Waals surface area contributed by atoms with Gasteiger partial charge in [-0.1, -0.05) is 11.2 Å². The molecule has 2 heterocycles. The normalized spacial score (nSPS) is 11.2. The predicted octanol–water partition coefficient (Wildman–Crippen LogP) is 3.59. The van der Waals surface area contributed by atoms with Gasteiger partial charge in [0, 0.05) is 10.3 Å². The molecule has 0 bridgehead atoms. The highest BCUT2D eigenvalue weighted by Crippen LogP contribution is 2.36. The number of aromatic nitrogens is 1. The first kappa shape index (κ1) is 10.3. The third-order valence-corrected chi connectivity index (χ3v) is 3.76. The molecule has 0 unspecified atom stereocenters. The van der Waals surface area contributed by atoms with Crippen LogP contribution in [0.4, 0.5) is 10.2 Å². The molecule has 3 nitrogen and oxygen atoms in total. The van der Waals surface area contributed by atoms with Gasteiger partial charge in [0.1, 0.15) is 5.82 Å². The summed E-state index contributed by atoms with van der Waals surface area (Å²) in [5, 5.41) is 4.70. The molecule has 86 valence electrons. The first-order valence-electron chi connectivity index (χ1n) is 5.06. The fraction of sp³-hybridized carbons (Fsp3) is 0.0833. The molecule has 5 heteroatoms. The molecular formula is C12H9FN2OS. The highest BCUT2D eigenvalue weighted by atomic mass is 32.1. The van der Waals surface area contributed by atoms with E-state index in [0.717, 1.165) is 20.5 Å². The van der Waals surface area contributed by atoms with Crippen molar-refractivity contribution in [1.82, 2.24) is 5.16 Å². The first-order valence-corrected chi connectivity index (χ1v) is 5.88. The lowest BCUT2D eigenvalue weighted by Crippen LogP contribution is -1.85. The van der Waals surface area contributed by atoms with Gasteiger partial charge in [-0.25, -0.2) is 4.39 Å². The number of anilines is 1. The van der Waals surface area contributed by atoms with Crippen molar-refractivity contribution in [2.75, 3.05) is 5.73 Å². The number of nitrogens with zero attached hydrogens (tertiary/aromatic N) is 1. The van der Waals surface area contributed by atoms with Gasteiger partial charge in [-0.15, -0.1) is 11.3 Å². The van der Waals surface area contributed by atoms with Crippen molar-refractivity contribution < 1.29 is 8.91 Å². The van der Waals surface area contributed by atoms with Gasteiger partial charge in [-0.3, -0.25) is 0 Å². The summed E-state index contributed by atoms with van der Waals surface area (Å²) in [6, 6.07) is 6.66. The molecule has 0 saturated heterocycles. The van der Waals surface area contributed by atoms with Crippen LogP contribution in [-0.4, -0.2) is 5.16 Å². The van der Waals surface area contributed by atoms with Crippen LogP contribution < -0.4 is 5.73 Å². The molecule has 0 aliphatic carbocycles. The molecule has 0 spiro atoms. The van der Waals surface area contributed by atoms with E-state index in [1.807, 2.05) is 13.0 Å². The van der Waals surface area contributed by atoms with E-state index in [9.17, 15) is 4.39 Å². The zero-order valence-electron chi connectivity index (χ0n) is 9.03. The lowest BCUT2D eigenvalue weighted by molar-refractivity contribution is 0.436. The lowest BCUT2D eigenvalue weighted by atomic mass is 10.2. The highest BCUT2D eigenvalue weighted by Gasteiger charge is 2.14. The number of nitrogen functional groups attached to an aromatic ring is 1. The third kappa shape index (κ3) is 1.59. The van der Waals surface area contributed by atoms with E-state index in [-0.39, 0.29) is 5.82 Å². The van der Waals surface area contributed by atoms with Crippen LogP contribution in [0.25, 0.3) is 20.7 Å². The molecule has 0 fully saturated rings. The molecule has 0 amide bonds. The van der Waals surface area contributed by atoms with Gasteiger partial charge in [0.2, 0.25) is 0 Å². The molecule has 1 aromatic carbocycles. The topological polar surface area (TPSA) is 52.0 Å². The van der Waals surface area contributed by atoms with Crippen LogP contribution in [0, 0.1) is 12.7 Å². The minimum absolute atomic E-state index is 0.236. The average Bonchev–Trinajstić information content (AvgIpc) is 2.83. The van der Waals surface area contributed by atoms with E-state index in [1.54, 1.807) is 6.07 Å². The second-order valence-electron chi connectivity index (χ2n) is 3.81. The summed E-state index contributed by atoms with van der Waals surface area (Å²) in [5.74, 6) is 0.812. The average molecular weight is 248 g/mol. The van der Waals surface area contributed by atoms with Crippen molar-refractivity contribution in [1.29, 1.82) is 0 Å². The summed E-state index contributed by atoms with van der Waals surface area (Å²) in [5.41, 5.74) is 6.45. The Hall–Kier alpha value is -1.88. The third-order valence-electron chi connectivity index (χ3n) is 2.67. The number of rotatable bonds is 1. The molecule has 0 saturated carbocycles. The van der Waals surface area contributed by atoms with Gasteiger partial charge < -0.3 is 10.3 Å². The van der Waals surface area contributed by atoms with Crippen LogP contribution in [0.15, 0.2) is 28.8 Å². The first-order chi connectivity index (χ1) is 8.15. The van der Waals surface area contributed by atoms with Crippen LogP contribution in [0.1, 0.15) is 5.56 Å². The van der Waals surface area contributed by atoms with Gasteiger partial charge >= 0.3 is 0 Å². The van der Waals surface area contributed by atoms with Crippen molar-refractivity contribution in [3.63, 3.8) is 0 Å².